The number of esters is 1. The van der Waals surface area contributed by atoms with Crippen molar-refractivity contribution in [3.05, 3.63) is 35.1 Å². The Bertz CT molecular complexity index is 563. The van der Waals surface area contributed by atoms with Crippen LogP contribution in [-0.4, -0.2) is 37.0 Å². The zero-order valence-electron chi connectivity index (χ0n) is 12.7. The van der Waals surface area contributed by atoms with Crippen LogP contribution in [0.4, 0.5) is 13.2 Å². The highest BCUT2D eigenvalue weighted by atomic mass is 19.2. The Hall–Kier alpha value is -2.05. The number of methoxy groups -OCH3 is 1. The second-order valence-electron chi connectivity index (χ2n) is 4.90. The molecule has 0 saturated heterocycles. The number of hydrogen-bond donors (Lipinski definition) is 0. The Morgan fingerprint density at radius 1 is 1.23 bits per heavy atom. The summed E-state index contributed by atoms with van der Waals surface area (Å²) >= 11 is 0. The van der Waals surface area contributed by atoms with Gasteiger partial charge in [0, 0.05) is 13.1 Å². The summed E-state index contributed by atoms with van der Waals surface area (Å²) in [5, 5.41) is 0. The van der Waals surface area contributed by atoms with Crippen molar-refractivity contribution in [3.8, 4) is 0 Å². The fourth-order valence-corrected chi connectivity index (χ4v) is 2.01. The van der Waals surface area contributed by atoms with E-state index in [1.54, 1.807) is 13.8 Å². The number of carbonyl (C=O) groups is 2. The van der Waals surface area contributed by atoms with Gasteiger partial charge >= 0.3 is 5.97 Å². The molecular weight excluding hydrogens is 299 g/mol. The van der Waals surface area contributed by atoms with Crippen LogP contribution in [0.15, 0.2) is 12.1 Å². The summed E-state index contributed by atoms with van der Waals surface area (Å²) in [6.45, 7) is 3.60. The zero-order valence-corrected chi connectivity index (χ0v) is 12.7. The van der Waals surface area contributed by atoms with Crippen LogP contribution < -0.4 is 0 Å². The molecule has 0 heterocycles. The highest BCUT2D eigenvalue weighted by molar-refractivity contribution is 5.94. The van der Waals surface area contributed by atoms with E-state index < -0.39 is 40.8 Å². The molecule has 1 unspecified atom stereocenters. The van der Waals surface area contributed by atoms with Crippen LogP contribution in [0, 0.1) is 23.4 Å². The smallest absolute Gasteiger partial charge is 0.310 e. The van der Waals surface area contributed by atoms with E-state index in [0.29, 0.717) is 12.5 Å². The van der Waals surface area contributed by atoms with Crippen LogP contribution in [0.2, 0.25) is 0 Å². The quantitative estimate of drug-likeness (QED) is 0.599. The predicted molar refractivity (Wildman–Crippen MR) is 73.7 cm³/mol. The van der Waals surface area contributed by atoms with Gasteiger partial charge in [-0.15, -0.1) is 0 Å². The van der Waals surface area contributed by atoms with Crippen molar-refractivity contribution in [2.75, 3.05) is 20.2 Å². The van der Waals surface area contributed by atoms with Gasteiger partial charge in [-0.3, -0.25) is 9.59 Å². The Kier molecular flexibility index (Phi) is 6.39. The lowest BCUT2D eigenvalue weighted by atomic mass is 10.1. The molecule has 1 amide bonds. The third-order valence-corrected chi connectivity index (χ3v) is 3.14. The number of amides is 1. The number of nitrogens with zero attached hydrogens (tertiary/aromatic N) is 1. The van der Waals surface area contributed by atoms with Gasteiger partial charge in [0.1, 0.15) is 0 Å². The van der Waals surface area contributed by atoms with Gasteiger partial charge in [-0.05, 0) is 18.6 Å². The molecule has 0 bridgehead atoms. The number of halogens is 3. The van der Waals surface area contributed by atoms with E-state index in [2.05, 4.69) is 4.74 Å². The SMILES string of the molecule is CCCN(CC(C)C(=O)OC)C(=O)c1ccc(F)c(F)c1F. The van der Waals surface area contributed by atoms with Crippen molar-refractivity contribution in [2.24, 2.45) is 5.92 Å². The minimum atomic E-state index is -1.69. The van der Waals surface area contributed by atoms with Crippen LogP contribution in [0.3, 0.4) is 0 Å². The van der Waals surface area contributed by atoms with Crippen molar-refractivity contribution in [1.82, 2.24) is 4.90 Å². The molecule has 0 fully saturated rings. The van der Waals surface area contributed by atoms with Crippen LogP contribution in [0.25, 0.3) is 0 Å². The predicted octanol–water partition coefficient (Wildman–Crippen LogP) is 2.77. The maximum atomic E-state index is 13.7. The lowest BCUT2D eigenvalue weighted by Gasteiger charge is -2.25. The maximum Gasteiger partial charge on any atom is 0.310 e. The molecule has 1 aromatic carbocycles. The zero-order chi connectivity index (χ0) is 16.9. The molecule has 1 rings (SSSR count). The lowest BCUT2D eigenvalue weighted by molar-refractivity contribution is -0.145. The standard InChI is InChI=1S/C15H18F3NO3/c1-4-7-19(8-9(2)15(21)22-3)14(20)10-5-6-11(16)13(18)12(10)17/h5-6,9H,4,7-8H2,1-3H3. The fourth-order valence-electron chi connectivity index (χ4n) is 2.01. The third-order valence-electron chi connectivity index (χ3n) is 3.14. The molecule has 22 heavy (non-hydrogen) atoms. The first-order chi connectivity index (χ1) is 10.3. The molecule has 0 N–H and O–H groups in total. The summed E-state index contributed by atoms with van der Waals surface area (Å²) < 4.78 is 44.5. The molecule has 1 aromatic rings. The van der Waals surface area contributed by atoms with E-state index in [0.717, 1.165) is 6.07 Å². The van der Waals surface area contributed by atoms with Crippen LogP contribution in [-0.2, 0) is 9.53 Å². The van der Waals surface area contributed by atoms with Gasteiger partial charge < -0.3 is 9.64 Å². The normalized spacial score (nSPS) is 11.9. The van der Waals surface area contributed by atoms with E-state index in [9.17, 15) is 22.8 Å². The highest BCUT2D eigenvalue weighted by Crippen LogP contribution is 2.18. The van der Waals surface area contributed by atoms with E-state index >= 15 is 0 Å². The average Bonchev–Trinajstić information content (AvgIpc) is 2.50. The molecule has 4 nitrogen and oxygen atoms in total. The van der Waals surface area contributed by atoms with Crippen molar-refractivity contribution in [1.29, 1.82) is 0 Å². The average molecular weight is 317 g/mol. The molecule has 0 aliphatic heterocycles. The molecule has 0 aliphatic carbocycles. The maximum absolute atomic E-state index is 13.7. The van der Waals surface area contributed by atoms with Gasteiger partial charge in [0.2, 0.25) is 0 Å². The summed E-state index contributed by atoms with van der Waals surface area (Å²) in [5.41, 5.74) is -0.565. The Balaban J connectivity index is 3.04. The van der Waals surface area contributed by atoms with Crippen molar-refractivity contribution in [2.45, 2.75) is 20.3 Å². The van der Waals surface area contributed by atoms with Crippen molar-refractivity contribution >= 4 is 11.9 Å². The minimum absolute atomic E-state index is 0.00220. The summed E-state index contributed by atoms with van der Waals surface area (Å²) in [5.74, 6) is -6.51. The molecule has 0 radical (unpaired) electrons. The summed E-state index contributed by atoms with van der Waals surface area (Å²) in [4.78, 5) is 25.0. The number of carbonyl (C=O) groups excluding carboxylic acids is 2. The Morgan fingerprint density at radius 3 is 2.41 bits per heavy atom. The summed E-state index contributed by atoms with van der Waals surface area (Å²) in [7, 11) is 1.22. The fraction of sp³-hybridized carbons (Fsp3) is 0.467. The van der Waals surface area contributed by atoms with Gasteiger partial charge in [0.25, 0.3) is 5.91 Å². The van der Waals surface area contributed by atoms with E-state index in [1.165, 1.54) is 12.0 Å². The number of hydrogen-bond acceptors (Lipinski definition) is 3. The Morgan fingerprint density at radius 2 is 1.86 bits per heavy atom. The second-order valence-corrected chi connectivity index (χ2v) is 4.90. The summed E-state index contributed by atoms with van der Waals surface area (Å²) in [6.07, 6.45) is 0.560. The molecule has 0 saturated carbocycles. The number of benzene rings is 1. The monoisotopic (exact) mass is 317 g/mol. The van der Waals surface area contributed by atoms with Crippen LogP contribution in [0.1, 0.15) is 30.6 Å². The first kappa shape index (κ1) is 18.0. The Labute approximate surface area is 126 Å². The van der Waals surface area contributed by atoms with Gasteiger partial charge in [0.15, 0.2) is 17.5 Å². The van der Waals surface area contributed by atoms with Crippen molar-refractivity contribution < 1.29 is 27.5 Å². The third kappa shape index (κ3) is 3.99. The van der Waals surface area contributed by atoms with E-state index in [4.69, 9.17) is 0 Å². The number of rotatable bonds is 6. The largest absolute Gasteiger partial charge is 0.469 e. The molecule has 0 aromatic heterocycles. The lowest BCUT2D eigenvalue weighted by Crippen LogP contribution is -2.38. The minimum Gasteiger partial charge on any atom is -0.469 e. The van der Waals surface area contributed by atoms with Crippen molar-refractivity contribution in [3.63, 3.8) is 0 Å². The topological polar surface area (TPSA) is 46.6 Å². The molecule has 0 spiro atoms. The first-order valence-corrected chi connectivity index (χ1v) is 6.84. The first-order valence-electron chi connectivity index (χ1n) is 6.84. The molecule has 1 atom stereocenters. The van der Waals surface area contributed by atoms with E-state index in [1.807, 2.05) is 0 Å². The summed E-state index contributed by atoms with van der Waals surface area (Å²) in [6, 6.07) is 1.58. The van der Waals surface area contributed by atoms with Gasteiger partial charge in [-0.2, -0.15) is 0 Å². The van der Waals surface area contributed by atoms with Gasteiger partial charge in [-0.25, -0.2) is 13.2 Å². The molecule has 122 valence electrons. The van der Waals surface area contributed by atoms with E-state index in [-0.39, 0.29) is 13.1 Å². The van der Waals surface area contributed by atoms with Gasteiger partial charge in [-0.1, -0.05) is 13.8 Å². The molecule has 0 aliphatic rings. The number of ether oxygens (including phenoxy) is 1. The molecule has 7 heteroatoms. The van der Waals surface area contributed by atoms with Crippen LogP contribution in [0.5, 0.6) is 0 Å². The molecular formula is C15H18F3NO3. The van der Waals surface area contributed by atoms with Gasteiger partial charge in [0.05, 0.1) is 18.6 Å². The highest BCUT2D eigenvalue weighted by Gasteiger charge is 2.26. The van der Waals surface area contributed by atoms with Crippen LogP contribution >= 0.6 is 0 Å². The second kappa shape index (κ2) is 7.82.